The molecule has 0 spiro atoms. The fourth-order valence-electron chi connectivity index (χ4n) is 3.70. The molecule has 10 heteroatoms. The van der Waals surface area contributed by atoms with Gasteiger partial charge in [-0.15, -0.1) is 0 Å². The van der Waals surface area contributed by atoms with Gasteiger partial charge >= 0.3 is 6.03 Å². The fraction of sp³-hybridized carbons (Fsp3) is 0.440. The second-order valence-corrected chi connectivity index (χ2v) is 9.71. The van der Waals surface area contributed by atoms with Crippen LogP contribution in [0.2, 0.25) is 10.0 Å². The molecule has 35 heavy (non-hydrogen) atoms. The normalized spacial score (nSPS) is 14.7. The topological polar surface area (TPSA) is 92.5 Å². The van der Waals surface area contributed by atoms with E-state index in [0.29, 0.717) is 17.7 Å². The summed E-state index contributed by atoms with van der Waals surface area (Å²) in [6, 6.07) is 3.95. The molecule has 0 saturated carbocycles. The number of carbonyl (C=O) groups excluding carboxylic acids is 1. The molecule has 2 amide bonds. The first kappa shape index (κ1) is 26.9. The van der Waals surface area contributed by atoms with Crippen molar-refractivity contribution in [1.82, 2.24) is 20.5 Å². The van der Waals surface area contributed by atoms with Gasteiger partial charge in [0, 0.05) is 41.5 Å². The summed E-state index contributed by atoms with van der Waals surface area (Å²) in [5, 5.41) is 5.90. The number of pyridine rings is 1. The maximum atomic E-state index is 13.9. The van der Waals surface area contributed by atoms with E-state index in [1.165, 1.54) is 31.2 Å². The van der Waals surface area contributed by atoms with E-state index in [2.05, 4.69) is 32.4 Å². The van der Waals surface area contributed by atoms with Gasteiger partial charge in [-0.2, -0.15) is 0 Å². The lowest BCUT2D eigenvalue weighted by Crippen LogP contribution is -2.48. The Bertz CT molecular complexity index is 1130. The highest BCUT2D eigenvalue weighted by Gasteiger charge is 2.21. The van der Waals surface area contributed by atoms with Crippen LogP contribution in [0.1, 0.15) is 50.8 Å². The Labute approximate surface area is 215 Å². The second kappa shape index (κ2) is 11.8. The molecule has 0 radical (unpaired) electrons. The number of anilines is 1. The molecule has 1 aliphatic heterocycles. The van der Waals surface area contributed by atoms with Gasteiger partial charge < -0.3 is 26.0 Å². The highest BCUT2D eigenvalue weighted by molar-refractivity contribution is 6.36. The molecule has 0 aliphatic carbocycles. The van der Waals surface area contributed by atoms with Crippen molar-refractivity contribution in [1.29, 1.82) is 0 Å². The summed E-state index contributed by atoms with van der Waals surface area (Å²) < 4.78 is 19.8. The van der Waals surface area contributed by atoms with E-state index in [-0.39, 0.29) is 27.6 Å². The Morgan fingerprint density at radius 2 is 2.06 bits per heavy atom. The largest absolute Gasteiger partial charge is 0.482 e. The molecule has 1 unspecified atom stereocenters. The molecule has 1 saturated heterocycles. The van der Waals surface area contributed by atoms with Crippen LogP contribution < -0.4 is 21.1 Å². The number of hydrogen-bond acceptors (Lipinski definition) is 5. The number of benzene rings is 1. The molecule has 188 valence electrons. The van der Waals surface area contributed by atoms with E-state index < -0.39 is 17.5 Å². The maximum absolute atomic E-state index is 13.9. The van der Waals surface area contributed by atoms with Crippen molar-refractivity contribution in [3.05, 3.63) is 51.4 Å². The Balaban J connectivity index is 1.63. The second-order valence-electron chi connectivity index (χ2n) is 8.93. The number of hydrogen-bond donors (Lipinski definition) is 3. The first-order chi connectivity index (χ1) is 16.6. The van der Waals surface area contributed by atoms with Gasteiger partial charge in [0.1, 0.15) is 11.9 Å². The van der Waals surface area contributed by atoms with Crippen molar-refractivity contribution in [2.75, 3.05) is 31.9 Å². The van der Waals surface area contributed by atoms with Gasteiger partial charge in [-0.1, -0.05) is 35.0 Å². The summed E-state index contributed by atoms with van der Waals surface area (Å²) in [5.41, 5.74) is 6.01. The molecule has 2 aromatic rings. The Morgan fingerprint density at radius 1 is 1.34 bits per heavy atom. The lowest BCUT2D eigenvalue weighted by molar-refractivity contribution is 0.227. The van der Waals surface area contributed by atoms with Crippen molar-refractivity contribution >= 4 is 35.1 Å². The third kappa shape index (κ3) is 7.63. The van der Waals surface area contributed by atoms with E-state index in [9.17, 15) is 9.18 Å². The number of nitrogens with one attached hydrogen (secondary N) is 2. The van der Waals surface area contributed by atoms with Gasteiger partial charge in [-0.05, 0) is 58.8 Å². The highest BCUT2D eigenvalue weighted by atomic mass is 35.5. The SMILES string of the molecule is CC(Oc1cc(C#CC(C)(C)NC(=O)NCCN2CCCC2)cnc1N)c1c(Cl)ccc(F)c1Cl. The van der Waals surface area contributed by atoms with Crippen LogP contribution in [-0.4, -0.2) is 47.6 Å². The predicted molar refractivity (Wildman–Crippen MR) is 137 cm³/mol. The molecule has 7 nitrogen and oxygen atoms in total. The number of nitrogens with two attached hydrogens (primary N) is 1. The van der Waals surface area contributed by atoms with E-state index in [0.717, 1.165) is 19.6 Å². The van der Waals surface area contributed by atoms with Gasteiger partial charge in [0.05, 0.1) is 10.6 Å². The summed E-state index contributed by atoms with van der Waals surface area (Å²) in [6.07, 6.45) is 3.24. The molecule has 3 rings (SSSR count). The number of nitrogens with zero attached hydrogens (tertiary/aromatic N) is 2. The predicted octanol–water partition coefficient (Wildman–Crippen LogP) is 4.77. The van der Waals surface area contributed by atoms with E-state index in [1.807, 2.05) is 0 Å². The number of aromatic nitrogens is 1. The molecule has 1 fully saturated rings. The van der Waals surface area contributed by atoms with Gasteiger partial charge in [0.25, 0.3) is 0 Å². The van der Waals surface area contributed by atoms with Crippen molar-refractivity contribution in [3.63, 3.8) is 0 Å². The molecule has 1 aliphatic rings. The lowest BCUT2D eigenvalue weighted by atomic mass is 10.1. The summed E-state index contributed by atoms with van der Waals surface area (Å²) in [5.74, 6) is 5.83. The van der Waals surface area contributed by atoms with Crippen LogP contribution in [0.25, 0.3) is 0 Å². The standard InChI is InChI=1S/C25H30Cl2FN5O2/c1-16(21-18(26)6-7-19(28)22(21)27)35-20-14-17(15-31-23(20)29)8-9-25(2,3)32-24(34)30-10-13-33-11-4-5-12-33/h6-7,14-16H,4-5,10-13H2,1-3H3,(H2,29,31)(H2,30,32,34). The average molecular weight is 522 g/mol. The van der Waals surface area contributed by atoms with Crippen LogP contribution in [0, 0.1) is 17.7 Å². The van der Waals surface area contributed by atoms with Crippen LogP contribution in [0.15, 0.2) is 24.4 Å². The number of ether oxygens (including phenoxy) is 1. The minimum Gasteiger partial charge on any atom is -0.482 e. The quantitative estimate of drug-likeness (QED) is 0.360. The van der Waals surface area contributed by atoms with Crippen LogP contribution in [0.3, 0.4) is 0 Å². The van der Waals surface area contributed by atoms with Gasteiger partial charge in [0.15, 0.2) is 11.6 Å². The maximum Gasteiger partial charge on any atom is 0.316 e. The lowest BCUT2D eigenvalue weighted by Gasteiger charge is -2.21. The third-order valence-electron chi connectivity index (χ3n) is 5.53. The minimum absolute atomic E-state index is 0.112. The van der Waals surface area contributed by atoms with Crippen LogP contribution in [0.5, 0.6) is 5.75 Å². The van der Waals surface area contributed by atoms with Crippen LogP contribution in [0.4, 0.5) is 15.0 Å². The van der Waals surface area contributed by atoms with Gasteiger partial charge in [-0.3, -0.25) is 0 Å². The Morgan fingerprint density at radius 3 is 2.77 bits per heavy atom. The molecule has 0 bridgehead atoms. The number of rotatable bonds is 7. The van der Waals surface area contributed by atoms with Crippen molar-refractivity contribution < 1.29 is 13.9 Å². The van der Waals surface area contributed by atoms with E-state index in [1.54, 1.807) is 26.8 Å². The molecule has 2 heterocycles. The molecular weight excluding hydrogens is 492 g/mol. The van der Waals surface area contributed by atoms with Gasteiger partial charge in [-0.25, -0.2) is 14.2 Å². The third-order valence-corrected chi connectivity index (χ3v) is 6.24. The Hall–Kier alpha value is -2.73. The van der Waals surface area contributed by atoms with Crippen molar-refractivity contribution in [3.8, 4) is 17.6 Å². The molecular formula is C25H30Cl2FN5O2. The van der Waals surface area contributed by atoms with Crippen LogP contribution >= 0.6 is 23.2 Å². The zero-order chi connectivity index (χ0) is 25.6. The van der Waals surface area contributed by atoms with E-state index in [4.69, 9.17) is 33.7 Å². The number of urea groups is 1. The zero-order valence-corrected chi connectivity index (χ0v) is 21.6. The summed E-state index contributed by atoms with van der Waals surface area (Å²) in [6.45, 7) is 8.88. The minimum atomic E-state index is -0.796. The number of carbonyl (C=O) groups is 1. The number of halogens is 3. The van der Waals surface area contributed by atoms with Crippen LogP contribution in [-0.2, 0) is 0 Å². The first-order valence-corrected chi connectivity index (χ1v) is 12.2. The number of amides is 2. The molecule has 1 aromatic heterocycles. The monoisotopic (exact) mass is 521 g/mol. The highest BCUT2D eigenvalue weighted by Crippen LogP contribution is 2.35. The summed E-state index contributed by atoms with van der Waals surface area (Å²) in [4.78, 5) is 18.7. The van der Waals surface area contributed by atoms with E-state index >= 15 is 0 Å². The summed E-state index contributed by atoms with van der Waals surface area (Å²) >= 11 is 12.3. The van der Waals surface area contributed by atoms with Crippen molar-refractivity contribution in [2.45, 2.75) is 45.3 Å². The number of nitrogen functional groups attached to an aromatic ring is 1. The fourth-order valence-corrected chi connectivity index (χ4v) is 4.38. The molecule has 1 aromatic carbocycles. The zero-order valence-electron chi connectivity index (χ0n) is 20.1. The van der Waals surface area contributed by atoms with Gasteiger partial charge in [0.2, 0.25) is 0 Å². The van der Waals surface area contributed by atoms with Crippen molar-refractivity contribution in [2.24, 2.45) is 0 Å². The Kier molecular flexibility index (Phi) is 9.06. The average Bonchev–Trinajstić information content (AvgIpc) is 3.30. The summed E-state index contributed by atoms with van der Waals surface area (Å²) in [7, 11) is 0. The molecule has 4 N–H and O–H groups in total. The smallest absolute Gasteiger partial charge is 0.316 e. The molecule has 1 atom stereocenters. The number of likely N-dealkylation sites (tertiary alicyclic amines) is 1. The first-order valence-electron chi connectivity index (χ1n) is 11.4.